The van der Waals surface area contributed by atoms with Crippen LogP contribution in [-0.4, -0.2) is 46.1 Å². The molecule has 0 bridgehead atoms. The molecule has 0 unspecified atom stereocenters. The number of hydrogen-bond acceptors (Lipinski definition) is 5. The number of rotatable bonds is 7. The average molecular weight is 436 g/mol. The summed E-state index contributed by atoms with van der Waals surface area (Å²) >= 11 is 0. The zero-order chi connectivity index (χ0) is 21.9. The maximum absolute atomic E-state index is 12.9. The second-order valence-electron chi connectivity index (χ2n) is 7.44. The van der Waals surface area contributed by atoms with Crippen molar-refractivity contribution < 1.29 is 13.2 Å². The molecule has 0 aliphatic carbocycles. The van der Waals surface area contributed by atoms with Gasteiger partial charge in [-0.25, -0.2) is 17.9 Å². The summed E-state index contributed by atoms with van der Waals surface area (Å²) in [4.78, 5) is 25.2. The third-order valence-corrected chi connectivity index (χ3v) is 7.56. The lowest BCUT2D eigenvalue weighted by Crippen LogP contribution is -2.31. The Labute approximate surface area is 176 Å². The molecule has 1 aliphatic heterocycles. The van der Waals surface area contributed by atoms with Gasteiger partial charge in [-0.1, -0.05) is 26.3 Å². The smallest absolute Gasteiger partial charge is 0.324 e. The van der Waals surface area contributed by atoms with Gasteiger partial charge in [-0.15, -0.1) is 0 Å². The lowest BCUT2D eigenvalue weighted by atomic mass is 10.2. The number of hydrogen-bond donors (Lipinski definition) is 1. The molecular weight excluding hydrogens is 406 g/mol. The third-order valence-electron chi connectivity index (χ3n) is 5.37. The largest absolute Gasteiger partial charge is 0.346 e. The number of aryl methyl sites for hydroxylation is 2. The van der Waals surface area contributed by atoms with Crippen molar-refractivity contribution in [2.75, 3.05) is 18.4 Å². The molecule has 1 aromatic heterocycles. The molecule has 10 heteroatoms. The monoisotopic (exact) mass is 435 g/mol. The summed E-state index contributed by atoms with van der Waals surface area (Å²) in [6, 6.07) is 4.78. The van der Waals surface area contributed by atoms with Gasteiger partial charge in [-0.2, -0.15) is 9.40 Å². The van der Waals surface area contributed by atoms with Gasteiger partial charge < -0.3 is 5.32 Å². The van der Waals surface area contributed by atoms with E-state index in [1.165, 1.54) is 15.1 Å². The van der Waals surface area contributed by atoms with Crippen molar-refractivity contribution in [3.8, 4) is 0 Å². The maximum atomic E-state index is 12.9. The topological polar surface area (TPSA) is 106 Å². The van der Waals surface area contributed by atoms with E-state index in [1.807, 2.05) is 0 Å². The quantitative estimate of drug-likeness (QED) is 0.713. The molecule has 1 N–H and O–H groups in total. The molecule has 0 fully saturated rings. The summed E-state index contributed by atoms with van der Waals surface area (Å²) in [6.07, 6.45) is 3.71. The van der Waals surface area contributed by atoms with Gasteiger partial charge in [0.25, 0.3) is 0 Å². The van der Waals surface area contributed by atoms with Crippen molar-refractivity contribution >= 4 is 21.6 Å². The first-order valence-electron chi connectivity index (χ1n) is 10.3. The fourth-order valence-electron chi connectivity index (χ4n) is 3.72. The van der Waals surface area contributed by atoms with Gasteiger partial charge >= 0.3 is 5.69 Å². The third kappa shape index (κ3) is 4.49. The van der Waals surface area contributed by atoms with Gasteiger partial charge in [0.05, 0.1) is 4.90 Å². The number of nitrogens with one attached hydrogen (secondary N) is 1. The number of carbonyl (C=O) groups excluding carboxylic acids is 1. The van der Waals surface area contributed by atoms with Crippen LogP contribution in [0, 0.1) is 6.92 Å². The minimum absolute atomic E-state index is 0.162. The number of benzene rings is 1. The van der Waals surface area contributed by atoms with Crippen molar-refractivity contribution in [1.29, 1.82) is 0 Å². The SMILES string of the molecule is CCN(CC)S(=O)(=O)c1cc(NC(=O)Cn2nc3n(c2=O)CCCCC3)ccc1C. The summed E-state index contributed by atoms with van der Waals surface area (Å²) in [7, 11) is -3.65. The maximum Gasteiger partial charge on any atom is 0.346 e. The minimum atomic E-state index is -3.65. The van der Waals surface area contributed by atoms with Crippen LogP contribution in [0.4, 0.5) is 5.69 Å². The fourth-order valence-corrected chi connectivity index (χ4v) is 5.43. The Morgan fingerprint density at radius 3 is 2.63 bits per heavy atom. The first-order chi connectivity index (χ1) is 14.3. The van der Waals surface area contributed by atoms with Gasteiger partial charge in [-0.3, -0.25) is 9.36 Å². The van der Waals surface area contributed by atoms with Crippen LogP contribution >= 0.6 is 0 Å². The fraction of sp³-hybridized carbons (Fsp3) is 0.550. The van der Waals surface area contributed by atoms with Gasteiger partial charge in [0.15, 0.2) is 0 Å². The highest BCUT2D eigenvalue weighted by molar-refractivity contribution is 7.89. The van der Waals surface area contributed by atoms with E-state index in [0.717, 1.165) is 25.7 Å². The first-order valence-corrected chi connectivity index (χ1v) is 11.8. The molecule has 0 radical (unpaired) electrons. The molecule has 0 atom stereocenters. The summed E-state index contributed by atoms with van der Waals surface area (Å²) < 4.78 is 30.0. The van der Waals surface area contributed by atoms with E-state index < -0.39 is 15.9 Å². The zero-order valence-corrected chi connectivity index (χ0v) is 18.5. The molecule has 3 rings (SSSR count). The van der Waals surface area contributed by atoms with Crippen molar-refractivity contribution in [3.63, 3.8) is 0 Å². The summed E-state index contributed by atoms with van der Waals surface area (Å²) in [5.41, 5.74) is 0.690. The van der Waals surface area contributed by atoms with Gasteiger partial charge in [-0.05, 0) is 37.5 Å². The van der Waals surface area contributed by atoms with Crippen molar-refractivity contribution in [2.45, 2.75) is 64.4 Å². The van der Waals surface area contributed by atoms with Crippen LogP contribution in [0.2, 0.25) is 0 Å². The van der Waals surface area contributed by atoms with E-state index in [9.17, 15) is 18.0 Å². The summed E-state index contributed by atoms with van der Waals surface area (Å²) in [5.74, 6) is 0.286. The zero-order valence-electron chi connectivity index (χ0n) is 17.7. The predicted molar refractivity (Wildman–Crippen MR) is 114 cm³/mol. The highest BCUT2D eigenvalue weighted by atomic mass is 32.2. The van der Waals surface area contributed by atoms with Crippen molar-refractivity contribution in [2.24, 2.45) is 0 Å². The van der Waals surface area contributed by atoms with Gasteiger partial charge in [0, 0.05) is 31.7 Å². The number of sulfonamides is 1. The van der Waals surface area contributed by atoms with Crippen LogP contribution in [0.3, 0.4) is 0 Å². The van der Waals surface area contributed by atoms with E-state index >= 15 is 0 Å². The number of carbonyl (C=O) groups is 1. The Kier molecular flexibility index (Phi) is 6.77. The molecule has 9 nitrogen and oxygen atoms in total. The number of anilines is 1. The van der Waals surface area contributed by atoms with Crippen molar-refractivity contribution in [3.05, 3.63) is 40.1 Å². The molecular formula is C20H29N5O4S. The molecule has 1 aromatic carbocycles. The van der Waals surface area contributed by atoms with Crippen LogP contribution in [0.25, 0.3) is 0 Å². The first kappa shape index (κ1) is 22.2. The minimum Gasteiger partial charge on any atom is -0.324 e. The molecule has 30 heavy (non-hydrogen) atoms. The van der Waals surface area contributed by atoms with Crippen LogP contribution in [0.1, 0.15) is 44.5 Å². The lowest BCUT2D eigenvalue weighted by molar-refractivity contribution is -0.117. The molecule has 2 heterocycles. The van der Waals surface area contributed by atoms with Crippen LogP contribution in [0.5, 0.6) is 0 Å². The molecule has 1 amide bonds. The van der Waals surface area contributed by atoms with Crippen molar-refractivity contribution in [1.82, 2.24) is 18.7 Å². The van der Waals surface area contributed by atoms with Gasteiger partial charge in [0.1, 0.15) is 12.4 Å². The Bertz CT molecular complexity index is 1080. The predicted octanol–water partition coefficient (Wildman–Crippen LogP) is 1.75. The number of fused-ring (bicyclic) bond motifs is 1. The van der Waals surface area contributed by atoms with E-state index in [2.05, 4.69) is 10.4 Å². The number of nitrogens with zero attached hydrogens (tertiary/aromatic N) is 4. The lowest BCUT2D eigenvalue weighted by Gasteiger charge is -2.20. The van der Waals surface area contributed by atoms with E-state index in [4.69, 9.17) is 0 Å². The molecule has 1 aliphatic rings. The van der Waals surface area contributed by atoms with Gasteiger partial charge in [0.2, 0.25) is 15.9 Å². The Hall–Kier alpha value is -2.46. The summed E-state index contributed by atoms with van der Waals surface area (Å²) in [5, 5.41) is 7.01. The Morgan fingerprint density at radius 1 is 1.20 bits per heavy atom. The summed E-state index contributed by atoms with van der Waals surface area (Å²) in [6.45, 7) is 6.43. The van der Waals surface area contributed by atoms with E-state index in [1.54, 1.807) is 37.5 Å². The number of aromatic nitrogens is 3. The number of amides is 1. The highest BCUT2D eigenvalue weighted by Gasteiger charge is 2.24. The molecule has 0 saturated carbocycles. The standard InChI is InChI=1S/C20H29N5O4S/c1-4-23(5-2)30(28,29)17-13-16(11-10-15(17)3)21-19(26)14-25-20(27)24-12-8-6-7-9-18(24)22-25/h10-11,13H,4-9,12,14H2,1-3H3,(H,21,26). The van der Waals surface area contributed by atoms with E-state index in [-0.39, 0.29) is 17.1 Å². The molecule has 164 valence electrons. The molecule has 0 spiro atoms. The Balaban J connectivity index is 1.79. The average Bonchev–Trinajstić information content (AvgIpc) is 2.85. The Morgan fingerprint density at radius 2 is 1.93 bits per heavy atom. The van der Waals surface area contributed by atoms with Crippen LogP contribution in [-0.2, 0) is 34.3 Å². The van der Waals surface area contributed by atoms with E-state index in [0.29, 0.717) is 36.7 Å². The van der Waals surface area contributed by atoms with Crippen LogP contribution in [0.15, 0.2) is 27.9 Å². The molecule has 0 saturated heterocycles. The highest BCUT2D eigenvalue weighted by Crippen LogP contribution is 2.23. The normalized spacial score (nSPS) is 14.4. The second-order valence-corrected chi connectivity index (χ2v) is 9.34. The van der Waals surface area contributed by atoms with Crippen LogP contribution < -0.4 is 11.0 Å². The molecule has 2 aromatic rings. The second kappa shape index (κ2) is 9.13.